The largest absolute Gasteiger partial charge is 0.308 e. The summed E-state index contributed by atoms with van der Waals surface area (Å²) in [7, 11) is 4.07. The molecule has 2 aromatic rings. The van der Waals surface area contributed by atoms with E-state index in [0.717, 1.165) is 58.2 Å². The summed E-state index contributed by atoms with van der Waals surface area (Å²) in [6.07, 6.45) is 5.58. The van der Waals surface area contributed by atoms with Gasteiger partial charge >= 0.3 is 0 Å². The van der Waals surface area contributed by atoms with Gasteiger partial charge in [0.25, 0.3) is 0 Å². The number of carbonyl (C=O) groups is 1. The first-order chi connectivity index (χ1) is 12.0. The third kappa shape index (κ3) is 4.33. The van der Waals surface area contributed by atoms with Crippen LogP contribution >= 0.6 is 22.9 Å². The Bertz CT molecular complexity index is 752. The molecule has 1 aliphatic rings. The van der Waals surface area contributed by atoms with E-state index in [1.807, 2.05) is 38.1 Å². The summed E-state index contributed by atoms with van der Waals surface area (Å²) in [5.41, 5.74) is 2.01. The summed E-state index contributed by atoms with van der Waals surface area (Å²) in [6, 6.07) is 3.88. The third-order valence-electron chi connectivity index (χ3n) is 4.86. The number of hydrogen-bond donors (Lipinski definition) is 0. The Morgan fingerprint density at radius 3 is 2.64 bits per heavy atom. The van der Waals surface area contributed by atoms with Crippen molar-refractivity contribution in [3.05, 3.63) is 22.7 Å². The topological polar surface area (TPSA) is 36.4 Å². The van der Waals surface area contributed by atoms with Gasteiger partial charge in [0, 0.05) is 24.0 Å². The lowest BCUT2D eigenvalue weighted by Gasteiger charge is -2.28. The highest BCUT2D eigenvalue weighted by Crippen LogP contribution is 2.35. The second kappa shape index (κ2) is 8.02. The fourth-order valence-corrected chi connectivity index (χ4v) is 4.88. The normalized spacial score (nSPS) is 15.9. The van der Waals surface area contributed by atoms with Crippen LogP contribution < -0.4 is 4.90 Å². The van der Waals surface area contributed by atoms with Crippen LogP contribution in [0.15, 0.2) is 12.1 Å². The van der Waals surface area contributed by atoms with Crippen LogP contribution in [-0.4, -0.2) is 43.0 Å². The molecule has 1 amide bonds. The monoisotopic (exact) mass is 379 g/mol. The van der Waals surface area contributed by atoms with E-state index in [2.05, 4.69) is 4.90 Å². The molecule has 0 aliphatic heterocycles. The van der Waals surface area contributed by atoms with Gasteiger partial charge < -0.3 is 4.90 Å². The van der Waals surface area contributed by atoms with Gasteiger partial charge in [-0.15, -0.1) is 0 Å². The highest BCUT2D eigenvalue weighted by molar-refractivity contribution is 7.22. The van der Waals surface area contributed by atoms with Gasteiger partial charge in [-0.05, 0) is 51.6 Å². The Morgan fingerprint density at radius 1 is 1.24 bits per heavy atom. The maximum absolute atomic E-state index is 13.2. The Balaban J connectivity index is 1.92. The van der Waals surface area contributed by atoms with Crippen molar-refractivity contribution in [3.8, 4) is 0 Å². The molecule has 1 heterocycles. The second-order valence-electron chi connectivity index (χ2n) is 7.19. The van der Waals surface area contributed by atoms with Gasteiger partial charge in [-0.1, -0.05) is 42.2 Å². The molecule has 1 aromatic carbocycles. The lowest BCUT2D eigenvalue weighted by Crippen LogP contribution is -2.41. The molecule has 6 heteroatoms. The molecule has 0 atom stereocenters. The minimum Gasteiger partial charge on any atom is -0.308 e. The van der Waals surface area contributed by atoms with Crippen LogP contribution in [0.2, 0.25) is 5.02 Å². The second-order valence-corrected chi connectivity index (χ2v) is 8.64. The standard InChI is InChI=1S/C19H26ClN3OS/c1-13-11-15(20)12-16-17(13)21-19(25-16)23(10-9-22(2)3)18(24)14-7-5-4-6-8-14/h11-12,14H,4-10H2,1-3H3. The maximum atomic E-state index is 13.2. The van der Waals surface area contributed by atoms with E-state index in [1.54, 1.807) is 11.3 Å². The molecule has 1 aliphatic carbocycles. The highest BCUT2D eigenvalue weighted by Gasteiger charge is 2.28. The molecule has 0 radical (unpaired) electrons. The van der Waals surface area contributed by atoms with Gasteiger partial charge in [-0.25, -0.2) is 4.98 Å². The molecule has 0 spiro atoms. The van der Waals surface area contributed by atoms with Crippen molar-refractivity contribution < 1.29 is 4.79 Å². The van der Waals surface area contributed by atoms with Crippen LogP contribution in [-0.2, 0) is 4.79 Å². The number of carbonyl (C=O) groups excluding carboxylic acids is 1. The number of nitrogens with zero attached hydrogens (tertiary/aromatic N) is 3. The van der Waals surface area contributed by atoms with Crippen LogP contribution in [0.1, 0.15) is 37.7 Å². The summed E-state index contributed by atoms with van der Waals surface area (Å²) >= 11 is 7.76. The molecule has 1 saturated carbocycles. The Hall–Kier alpha value is -1.17. The summed E-state index contributed by atoms with van der Waals surface area (Å²) in [6.45, 7) is 3.52. The van der Waals surface area contributed by atoms with E-state index in [9.17, 15) is 4.79 Å². The van der Waals surface area contributed by atoms with E-state index in [-0.39, 0.29) is 11.8 Å². The molecule has 25 heavy (non-hydrogen) atoms. The van der Waals surface area contributed by atoms with Gasteiger partial charge in [-0.3, -0.25) is 9.69 Å². The molecule has 3 rings (SSSR count). The van der Waals surface area contributed by atoms with E-state index < -0.39 is 0 Å². The summed E-state index contributed by atoms with van der Waals surface area (Å²) in [5.74, 6) is 0.386. The number of aryl methyl sites for hydroxylation is 1. The minimum atomic E-state index is 0.146. The summed E-state index contributed by atoms with van der Waals surface area (Å²) in [5, 5.41) is 1.52. The first-order valence-electron chi connectivity index (χ1n) is 8.98. The number of benzene rings is 1. The number of thiazole rings is 1. The van der Waals surface area contributed by atoms with Crippen LogP contribution in [0, 0.1) is 12.8 Å². The fourth-order valence-electron chi connectivity index (χ4n) is 3.43. The quantitative estimate of drug-likeness (QED) is 0.753. The zero-order valence-electron chi connectivity index (χ0n) is 15.2. The first kappa shape index (κ1) is 18.6. The third-order valence-corrected chi connectivity index (χ3v) is 6.10. The molecule has 0 saturated heterocycles. The Morgan fingerprint density at radius 2 is 1.96 bits per heavy atom. The van der Waals surface area contributed by atoms with E-state index in [4.69, 9.17) is 16.6 Å². The maximum Gasteiger partial charge on any atom is 0.231 e. The number of hydrogen-bond acceptors (Lipinski definition) is 4. The van der Waals surface area contributed by atoms with Crippen LogP contribution in [0.5, 0.6) is 0 Å². The molecule has 4 nitrogen and oxygen atoms in total. The van der Waals surface area contributed by atoms with E-state index in [0.29, 0.717) is 6.54 Å². The lowest BCUT2D eigenvalue weighted by atomic mass is 9.88. The molecular formula is C19H26ClN3OS. The molecule has 1 aromatic heterocycles. The zero-order valence-corrected chi connectivity index (χ0v) is 16.8. The van der Waals surface area contributed by atoms with E-state index in [1.165, 1.54) is 6.42 Å². The van der Waals surface area contributed by atoms with Crippen molar-refractivity contribution in [1.29, 1.82) is 0 Å². The Labute approximate surface area is 158 Å². The van der Waals surface area contributed by atoms with Crippen molar-refractivity contribution in [2.45, 2.75) is 39.0 Å². The number of anilines is 1. The number of halogens is 1. The minimum absolute atomic E-state index is 0.146. The number of rotatable bonds is 5. The van der Waals surface area contributed by atoms with Gasteiger partial charge in [0.2, 0.25) is 5.91 Å². The number of fused-ring (bicyclic) bond motifs is 1. The van der Waals surface area contributed by atoms with E-state index >= 15 is 0 Å². The summed E-state index contributed by atoms with van der Waals surface area (Å²) in [4.78, 5) is 22.0. The van der Waals surface area contributed by atoms with Crippen molar-refractivity contribution in [3.63, 3.8) is 0 Å². The molecule has 0 N–H and O–H groups in total. The van der Waals surface area contributed by atoms with Crippen molar-refractivity contribution in [2.75, 3.05) is 32.1 Å². The first-order valence-corrected chi connectivity index (χ1v) is 10.2. The van der Waals surface area contributed by atoms with Gasteiger partial charge in [0.05, 0.1) is 10.2 Å². The van der Waals surface area contributed by atoms with Gasteiger partial charge in [-0.2, -0.15) is 0 Å². The Kier molecular flexibility index (Phi) is 5.97. The smallest absolute Gasteiger partial charge is 0.231 e. The van der Waals surface area contributed by atoms with Crippen molar-refractivity contribution >= 4 is 44.2 Å². The average molecular weight is 380 g/mol. The average Bonchev–Trinajstić information content (AvgIpc) is 2.99. The zero-order chi connectivity index (χ0) is 18.0. The molecule has 136 valence electrons. The number of amides is 1. The highest BCUT2D eigenvalue weighted by atomic mass is 35.5. The number of aromatic nitrogens is 1. The number of likely N-dealkylation sites (N-methyl/N-ethyl adjacent to an activating group) is 1. The SMILES string of the molecule is Cc1cc(Cl)cc2sc(N(CCN(C)C)C(=O)C3CCCCC3)nc12. The van der Waals surface area contributed by atoms with Crippen LogP contribution in [0.25, 0.3) is 10.2 Å². The van der Waals surface area contributed by atoms with Crippen LogP contribution in [0.4, 0.5) is 5.13 Å². The molecule has 0 unspecified atom stereocenters. The lowest BCUT2D eigenvalue weighted by molar-refractivity contribution is -0.123. The van der Waals surface area contributed by atoms with Crippen molar-refractivity contribution in [2.24, 2.45) is 5.92 Å². The summed E-state index contributed by atoms with van der Waals surface area (Å²) < 4.78 is 1.05. The van der Waals surface area contributed by atoms with Crippen molar-refractivity contribution in [1.82, 2.24) is 9.88 Å². The van der Waals surface area contributed by atoms with Gasteiger partial charge in [0.1, 0.15) is 0 Å². The predicted molar refractivity (Wildman–Crippen MR) is 107 cm³/mol. The predicted octanol–water partition coefficient (Wildman–Crippen LogP) is 4.73. The molecule has 0 bridgehead atoms. The van der Waals surface area contributed by atoms with Crippen LogP contribution in [0.3, 0.4) is 0 Å². The fraction of sp³-hybridized carbons (Fsp3) is 0.579. The molecule has 1 fully saturated rings. The molecular weight excluding hydrogens is 354 g/mol. The van der Waals surface area contributed by atoms with Gasteiger partial charge in [0.15, 0.2) is 5.13 Å².